The molecule has 0 aliphatic heterocycles. The molecule has 0 bridgehead atoms. The van der Waals surface area contributed by atoms with Crippen molar-refractivity contribution in [3.63, 3.8) is 0 Å². The number of hydrogen-bond donors (Lipinski definition) is 3. The van der Waals surface area contributed by atoms with Gasteiger partial charge >= 0.3 is 23.9 Å². The van der Waals surface area contributed by atoms with Gasteiger partial charge in [-0.25, -0.2) is 0 Å². The summed E-state index contributed by atoms with van der Waals surface area (Å²) in [7, 11) is 0. The summed E-state index contributed by atoms with van der Waals surface area (Å²) < 4.78 is 5.37. The van der Waals surface area contributed by atoms with Crippen LogP contribution in [0.3, 0.4) is 0 Å². The first-order chi connectivity index (χ1) is 11.5. The topological polar surface area (TPSA) is 138 Å². The second kappa shape index (κ2) is 8.31. The molecule has 3 unspecified atom stereocenters. The lowest BCUT2D eigenvalue weighted by Crippen LogP contribution is -2.47. The molecule has 8 heteroatoms. The van der Waals surface area contributed by atoms with Crippen molar-refractivity contribution in [1.29, 1.82) is 0 Å². The number of carbonyl (C=O) groups is 4. The molecular weight excluding hydrogens is 332 g/mol. The molecule has 1 saturated carbocycles. The first-order valence-electron chi connectivity index (χ1n) is 8.37. The average Bonchev–Trinajstić information content (AvgIpc) is 2.47. The first-order valence-corrected chi connectivity index (χ1v) is 8.37. The maximum Gasteiger partial charge on any atom is 0.324 e. The molecule has 25 heavy (non-hydrogen) atoms. The van der Waals surface area contributed by atoms with Gasteiger partial charge in [0.15, 0.2) is 5.41 Å². The number of carboxylic acids is 3. The minimum absolute atomic E-state index is 0.0000935. The van der Waals surface area contributed by atoms with E-state index in [0.717, 1.165) is 12.8 Å². The molecule has 0 spiro atoms. The Balaban J connectivity index is 3.05. The van der Waals surface area contributed by atoms with E-state index in [1.807, 2.05) is 6.92 Å². The van der Waals surface area contributed by atoms with E-state index in [1.54, 1.807) is 0 Å². The number of carboxylic acid groups (broad SMARTS) is 3. The van der Waals surface area contributed by atoms with E-state index in [2.05, 4.69) is 13.8 Å². The normalized spacial score (nSPS) is 23.9. The number of rotatable bonds is 8. The zero-order valence-electron chi connectivity index (χ0n) is 14.7. The number of aliphatic carboxylic acids is 3. The van der Waals surface area contributed by atoms with Crippen molar-refractivity contribution in [2.24, 2.45) is 23.2 Å². The summed E-state index contributed by atoms with van der Waals surface area (Å²) in [6, 6.07) is 0. The van der Waals surface area contributed by atoms with Crippen molar-refractivity contribution in [1.82, 2.24) is 0 Å². The maximum absolute atomic E-state index is 12.5. The standard InChI is InChI=1S/C17H26O8/c1-9(2)11-5-4-10(3)12(6-11)25-16(24)17(15(22)23,7-13(18)19)8-14(20)21/h9-12H,4-8H2,1-3H3,(H,18,19)(H,20,21)(H,22,23). The molecule has 142 valence electrons. The Morgan fingerprint density at radius 1 is 1.04 bits per heavy atom. The van der Waals surface area contributed by atoms with Crippen LogP contribution >= 0.6 is 0 Å². The molecule has 0 radical (unpaired) electrons. The molecule has 0 aromatic carbocycles. The Morgan fingerprint density at radius 3 is 1.96 bits per heavy atom. The lowest BCUT2D eigenvalue weighted by Gasteiger charge is -2.37. The van der Waals surface area contributed by atoms with Crippen molar-refractivity contribution in [3.8, 4) is 0 Å². The van der Waals surface area contributed by atoms with Crippen LogP contribution in [0.4, 0.5) is 0 Å². The van der Waals surface area contributed by atoms with Gasteiger partial charge in [-0.15, -0.1) is 0 Å². The third kappa shape index (κ3) is 5.17. The van der Waals surface area contributed by atoms with Crippen LogP contribution in [-0.4, -0.2) is 45.3 Å². The summed E-state index contributed by atoms with van der Waals surface area (Å²) >= 11 is 0. The largest absolute Gasteiger partial charge is 0.481 e. The van der Waals surface area contributed by atoms with Crippen LogP contribution in [0, 0.1) is 23.2 Å². The van der Waals surface area contributed by atoms with Crippen molar-refractivity contribution in [2.75, 3.05) is 0 Å². The number of hydrogen-bond acceptors (Lipinski definition) is 5. The molecule has 3 atom stereocenters. The Hall–Kier alpha value is -2.12. The van der Waals surface area contributed by atoms with Crippen molar-refractivity contribution in [2.45, 2.75) is 59.0 Å². The second-order valence-electron chi connectivity index (χ2n) is 7.27. The monoisotopic (exact) mass is 358 g/mol. The molecule has 1 aliphatic carbocycles. The van der Waals surface area contributed by atoms with Gasteiger partial charge in [0.25, 0.3) is 0 Å². The summed E-state index contributed by atoms with van der Waals surface area (Å²) in [5, 5.41) is 27.3. The van der Waals surface area contributed by atoms with Gasteiger partial charge in [0.05, 0.1) is 12.8 Å². The third-order valence-electron chi connectivity index (χ3n) is 5.07. The van der Waals surface area contributed by atoms with Crippen LogP contribution in [0.2, 0.25) is 0 Å². The van der Waals surface area contributed by atoms with Gasteiger partial charge in [0, 0.05) is 0 Å². The highest BCUT2D eigenvalue weighted by molar-refractivity contribution is 6.04. The summed E-state index contributed by atoms with van der Waals surface area (Å²) in [6.45, 7) is 5.98. The number of esters is 1. The molecule has 0 aromatic heterocycles. The molecule has 3 N–H and O–H groups in total. The van der Waals surface area contributed by atoms with Crippen LogP contribution in [-0.2, 0) is 23.9 Å². The highest BCUT2D eigenvalue weighted by Crippen LogP contribution is 2.37. The fraction of sp³-hybridized carbons (Fsp3) is 0.765. The molecule has 1 rings (SSSR count). The van der Waals surface area contributed by atoms with E-state index in [4.69, 9.17) is 14.9 Å². The zero-order chi connectivity index (χ0) is 19.4. The van der Waals surface area contributed by atoms with E-state index in [9.17, 15) is 24.3 Å². The molecule has 0 amide bonds. The molecule has 0 heterocycles. The van der Waals surface area contributed by atoms with Gasteiger partial charge in [-0.3, -0.25) is 19.2 Å². The van der Waals surface area contributed by atoms with E-state index in [0.29, 0.717) is 18.3 Å². The molecule has 0 saturated heterocycles. The predicted molar refractivity (Wildman–Crippen MR) is 85.8 cm³/mol. The van der Waals surface area contributed by atoms with Gasteiger partial charge in [0.1, 0.15) is 6.10 Å². The van der Waals surface area contributed by atoms with Crippen LogP contribution in [0.25, 0.3) is 0 Å². The Morgan fingerprint density at radius 2 is 1.56 bits per heavy atom. The summed E-state index contributed by atoms with van der Waals surface area (Å²) in [4.78, 5) is 46.2. The second-order valence-corrected chi connectivity index (χ2v) is 7.27. The van der Waals surface area contributed by atoms with Gasteiger partial charge in [0.2, 0.25) is 0 Å². The molecule has 1 aliphatic rings. The Labute approximate surface area is 146 Å². The fourth-order valence-electron chi connectivity index (χ4n) is 3.29. The SMILES string of the molecule is CC(C)C1CCC(C)C(OC(=O)C(CC(=O)O)(CC(=O)O)C(=O)O)C1. The highest BCUT2D eigenvalue weighted by Gasteiger charge is 2.52. The maximum atomic E-state index is 12.5. The van der Waals surface area contributed by atoms with Crippen LogP contribution in [0.15, 0.2) is 0 Å². The minimum Gasteiger partial charge on any atom is -0.481 e. The van der Waals surface area contributed by atoms with E-state index in [-0.39, 0.29) is 5.92 Å². The number of ether oxygens (including phenoxy) is 1. The van der Waals surface area contributed by atoms with Gasteiger partial charge in [-0.2, -0.15) is 0 Å². The fourth-order valence-corrected chi connectivity index (χ4v) is 3.29. The lowest BCUT2D eigenvalue weighted by molar-refractivity contribution is -0.183. The van der Waals surface area contributed by atoms with E-state index < -0.39 is 48.2 Å². The first kappa shape index (κ1) is 20.9. The lowest BCUT2D eigenvalue weighted by atomic mass is 9.75. The summed E-state index contributed by atoms with van der Waals surface area (Å²) in [5.74, 6) is -5.55. The van der Waals surface area contributed by atoms with Crippen molar-refractivity contribution < 1.29 is 39.2 Å². The molecule has 0 aromatic rings. The zero-order valence-corrected chi connectivity index (χ0v) is 14.7. The van der Waals surface area contributed by atoms with Gasteiger partial charge < -0.3 is 20.1 Å². The van der Waals surface area contributed by atoms with Crippen LogP contribution < -0.4 is 0 Å². The smallest absolute Gasteiger partial charge is 0.324 e. The molecule has 8 nitrogen and oxygen atoms in total. The van der Waals surface area contributed by atoms with Gasteiger partial charge in [-0.1, -0.05) is 20.8 Å². The Kier molecular flexibility index (Phi) is 6.96. The van der Waals surface area contributed by atoms with Crippen LogP contribution in [0.5, 0.6) is 0 Å². The average molecular weight is 358 g/mol. The molecule has 1 fully saturated rings. The number of carbonyl (C=O) groups excluding carboxylic acids is 1. The van der Waals surface area contributed by atoms with Gasteiger partial charge in [-0.05, 0) is 37.0 Å². The highest BCUT2D eigenvalue weighted by atomic mass is 16.5. The Bertz CT molecular complexity index is 523. The quantitative estimate of drug-likeness (QED) is 0.442. The van der Waals surface area contributed by atoms with Crippen molar-refractivity contribution >= 4 is 23.9 Å². The summed E-state index contributed by atoms with van der Waals surface area (Å²) in [5.41, 5.74) is -2.62. The predicted octanol–water partition coefficient (Wildman–Crippen LogP) is 2.01. The minimum atomic E-state index is -2.62. The van der Waals surface area contributed by atoms with Crippen LogP contribution in [0.1, 0.15) is 52.9 Å². The van der Waals surface area contributed by atoms with E-state index in [1.165, 1.54) is 0 Å². The third-order valence-corrected chi connectivity index (χ3v) is 5.07. The summed E-state index contributed by atoms with van der Waals surface area (Å²) in [6.07, 6.45) is -0.486. The molecular formula is C17H26O8. The van der Waals surface area contributed by atoms with E-state index >= 15 is 0 Å². The van der Waals surface area contributed by atoms with Crippen molar-refractivity contribution in [3.05, 3.63) is 0 Å².